The summed E-state index contributed by atoms with van der Waals surface area (Å²) in [5.41, 5.74) is 0. The second-order valence-corrected chi connectivity index (χ2v) is 15.2. The third kappa shape index (κ3) is 19.7. The molecule has 0 spiro atoms. The number of hydrogen-bond acceptors (Lipinski definition) is 10. The summed E-state index contributed by atoms with van der Waals surface area (Å²) < 4.78 is 22.8. The molecule has 6 unspecified atom stereocenters. The fourth-order valence-corrected chi connectivity index (χ4v) is 7.17. The normalized spacial score (nSPS) is 25.4. The van der Waals surface area contributed by atoms with Crippen LogP contribution in [0.2, 0.25) is 0 Å². The molecule has 1 fully saturated rings. The minimum absolute atomic E-state index is 0.240. The van der Waals surface area contributed by atoms with Gasteiger partial charge in [-0.05, 0) is 12.8 Å². The first-order valence-corrected chi connectivity index (χ1v) is 20.5. The SMILES string of the molecule is CCCCCCCCCCCCCC[C@@H](O)[C@H](COP(=O)(O)OC1C(O)C(O)C(O)[C@@H](O)C1O)NC(=O)CCCCCCCCCCC. The number of hydrogen-bond donors (Lipinski definition) is 8. The molecule has 9 atom stereocenters. The van der Waals surface area contributed by atoms with E-state index in [1.807, 2.05) is 0 Å². The van der Waals surface area contributed by atoms with Crippen LogP contribution in [0, 0.1) is 0 Å². The van der Waals surface area contributed by atoms with Crippen molar-refractivity contribution < 1.29 is 53.9 Å². The van der Waals surface area contributed by atoms with Gasteiger partial charge in [-0.1, -0.05) is 142 Å². The van der Waals surface area contributed by atoms with Crippen LogP contribution in [-0.4, -0.2) is 96.8 Å². The molecule has 1 aliphatic rings. The lowest BCUT2D eigenvalue weighted by atomic mass is 9.85. The number of nitrogens with one attached hydrogen (secondary N) is 1. The van der Waals surface area contributed by atoms with Crippen molar-refractivity contribution in [2.75, 3.05) is 6.61 Å². The van der Waals surface area contributed by atoms with Crippen LogP contribution in [0.3, 0.4) is 0 Å². The van der Waals surface area contributed by atoms with Crippen LogP contribution in [0.4, 0.5) is 0 Å². The molecule has 48 heavy (non-hydrogen) atoms. The molecule has 8 N–H and O–H groups in total. The largest absolute Gasteiger partial charge is 0.472 e. The Kier molecular flexibility index (Phi) is 25.6. The van der Waals surface area contributed by atoms with E-state index in [1.54, 1.807) is 0 Å². The average molecular weight is 712 g/mol. The van der Waals surface area contributed by atoms with Gasteiger partial charge < -0.3 is 40.8 Å². The lowest BCUT2D eigenvalue weighted by molar-refractivity contribution is -0.220. The molecule has 0 radical (unpaired) electrons. The topological polar surface area (TPSA) is 206 Å². The van der Waals surface area contributed by atoms with Crippen molar-refractivity contribution >= 4 is 13.7 Å². The van der Waals surface area contributed by atoms with Gasteiger partial charge in [-0.25, -0.2) is 4.57 Å². The van der Waals surface area contributed by atoms with E-state index in [1.165, 1.54) is 83.5 Å². The van der Waals surface area contributed by atoms with Gasteiger partial charge in [-0.15, -0.1) is 0 Å². The van der Waals surface area contributed by atoms with Gasteiger partial charge in [0.2, 0.25) is 5.91 Å². The second-order valence-electron chi connectivity index (χ2n) is 13.8. The van der Waals surface area contributed by atoms with Gasteiger partial charge in [0.05, 0.1) is 18.8 Å². The number of amides is 1. The van der Waals surface area contributed by atoms with Crippen molar-refractivity contribution in [2.24, 2.45) is 0 Å². The number of aliphatic hydroxyl groups excluding tert-OH is 6. The van der Waals surface area contributed by atoms with E-state index < -0.39 is 63.2 Å². The Labute approximate surface area is 289 Å². The fraction of sp³-hybridized carbons (Fsp3) is 0.971. The standard InChI is InChI=1S/C35H70NO11P/c1-3-5-7-9-11-13-14-15-17-18-20-22-24-28(37)27(36-29(38)25-23-21-19-16-12-10-8-6-4-2)26-46-48(44,45)47-35-33(42)31(40)30(39)32(41)34(35)43/h27-28,30-35,37,39-43H,3-26H2,1-2H3,(H,36,38)(H,44,45)/t27-,28+,30?,31+,32?,33?,34?,35?/m0/s1. The molecule has 0 heterocycles. The summed E-state index contributed by atoms with van der Waals surface area (Å²) in [7, 11) is -5.03. The van der Waals surface area contributed by atoms with E-state index in [-0.39, 0.29) is 12.3 Å². The summed E-state index contributed by atoms with van der Waals surface area (Å²) in [5.74, 6) is -0.313. The Morgan fingerprint density at radius 3 is 1.44 bits per heavy atom. The second kappa shape index (κ2) is 27.1. The van der Waals surface area contributed by atoms with Crippen LogP contribution in [0.5, 0.6) is 0 Å². The van der Waals surface area contributed by atoms with Crippen LogP contribution < -0.4 is 5.32 Å². The molecule has 12 nitrogen and oxygen atoms in total. The predicted molar refractivity (Wildman–Crippen MR) is 186 cm³/mol. The monoisotopic (exact) mass is 711 g/mol. The van der Waals surface area contributed by atoms with Gasteiger partial charge in [0.25, 0.3) is 0 Å². The quantitative estimate of drug-likeness (QED) is 0.0361. The third-order valence-corrected chi connectivity index (χ3v) is 10.4. The first-order chi connectivity index (χ1) is 22.9. The van der Waals surface area contributed by atoms with Crippen LogP contribution in [0.1, 0.15) is 162 Å². The molecule has 1 aliphatic carbocycles. The van der Waals surface area contributed by atoms with E-state index >= 15 is 0 Å². The number of rotatable bonds is 30. The highest BCUT2D eigenvalue weighted by molar-refractivity contribution is 7.47. The summed E-state index contributed by atoms with van der Waals surface area (Å²) in [6.07, 6.45) is 11.6. The highest BCUT2D eigenvalue weighted by atomic mass is 31.2. The van der Waals surface area contributed by atoms with Gasteiger partial charge in [0, 0.05) is 6.42 Å². The summed E-state index contributed by atoms with van der Waals surface area (Å²) >= 11 is 0. The van der Waals surface area contributed by atoms with Crippen molar-refractivity contribution in [1.82, 2.24) is 5.32 Å². The molecular weight excluding hydrogens is 641 g/mol. The number of phosphoric ester groups is 1. The molecular formula is C35H70NO11P. The third-order valence-electron chi connectivity index (χ3n) is 9.42. The van der Waals surface area contributed by atoms with Crippen LogP contribution in [-0.2, 0) is 18.4 Å². The highest BCUT2D eigenvalue weighted by Crippen LogP contribution is 2.47. The maximum absolute atomic E-state index is 12.8. The van der Waals surface area contributed by atoms with Gasteiger partial charge in [0.1, 0.15) is 36.6 Å². The molecule has 0 aromatic heterocycles. The Hall–Kier alpha value is -0.660. The smallest absolute Gasteiger partial charge is 0.391 e. The van der Waals surface area contributed by atoms with Gasteiger partial charge in [-0.2, -0.15) is 0 Å². The van der Waals surface area contributed by atoms with Gasteiger partial charge >= 0.3 is 7.82 Å². The van der Waals surface area contributed by atoms with E-state index in [9.17, 15) is 44.9 Å². The molecule has 286 valence electrons. The average Bonchev–Trinajstić information content (AvgIpc) is 3.06. The lowest BCUT2D eigenvalue weighted by Gasteiger charge is -2.41. The summed E-state index contributed by atoms with van der Waals surface area (Å²) in [6, 6.07) is -1.02. The van der Waals surface area contributed by atoms with Crippen molar-refractivity contribution in [2.45, 2.75) is 210 Å². The van der Waals surface area contributed by atoms with Gasteiger partial charge in [-0.3, -0.25) is 13.8 Å². The summed E-state index contributed by atoms with van der Waals surface area (Å²) in [6.45, 7) is 3.82. The number of carbonyl (C=O) groups is 1. The number of unbranched alkanes of at least 4 members (excludes halogenated alkanes) is 19. The fourth-order valence-electron chi connectivity index (χ4n) is 6.20. The zero-order chi connectivity index (χ0) is 35.8. The molecule has 0 aliphatic heterocycles. The first kappa shape index (κ1) is 45.4. The zero-order valence-corrected chi connectivity index (χ0v) is 30.7. The summed E-state index contributed by atoms with van der Waals surface area (Å²) in [5, 5.41) is 63.7. The van der Waals surface area contributed by atoms with Crippen molar-refractivity contribution in [3.63, 3.8) is 0 Å². The number of aliphatic hydroxyl groups is 6. The molecule has 0 aromatic rings. The molecule has 1 amide bonds. The van der Waals surface area contributed by atoms with Crippen LogP contribution in [0.25, 0.3) is 0 Å². The number of phosphoric acid groups is 1. The highest BCUT2D eigenvalue weighted by Gasteiger charge is 2.51. The summed E-state index contributed by atoms with van der Waals surface area (Å²) in [4.78, 5) is 23.1. The maximum Gasteiger partial charge on any atom is 0.472 e. The minimum Gasteiger partial charge on any atom is -0.391 e. The van der Waals surface area contributed by atoms with E-state index in [2.05, 4.69) is 19.2 Å². The van der Waals surface area contributed by atoms with Crippen molar-refractivity contribution in [3.8, 4) is 0 Å². The van der Waals surface area contributed by atoms with E-state index in [0.29, 0.717) is 19.3 Å². The van der Waals surface area contributed by atoms with Crippen molar-refractivity contribution in [3.05, 3.63) is 0 Å². The Morgan fingerprint density at radius 1 is 0.625 bits per heavy atom. The molecule has 0 bridgehead atoms. The Morgan fingerprint density at radius 2 is 1.00 bits per heavy atom. The predicted octanol–water partition coefficient (Wildman–Crippen LogP) is 5.16. The van der Waals surface area contributed by atoms with Crippen LogP contribution in [0.15, 0.2) is 0 Å². The number of carbonyl (C=O) groups excluding carboxylic acids is 1. The van der Waals surface area contributed by atoms with E-state index in [4.69, 9.17) is 9.05 Å². The molecule has 0 saturated heterocycles. The Balaban J connectivity index is 2.58. The minimum atomic E-state index is -5.03. The molecule has 0 aromatic carbocycles. The molecule has 1 saturated carbocycles. The lowest BCUT2D eigenvalue weighted by Crippen LogP contribution is -2.64. The zero-order valence-electron chi connectivity index (χ0n) is 29.8. The van der Waals surface area contributed by atoms with Crippen LogP contribution >= 0.6 is 7.82 Å². The molecule has 1 rings (SSSR count). The first-order valence-electron chi connectivity index (χ1n) is 19.0. The Bertz CT molecular complexity index is 837. The van der Waals surface area contributed by atoms with E-state index in [0.717, 1.165) is 38.5 Å². The molecule has 13 heteroatoms. The van der Waals surface area contributed by atoms with Gasteiger partial charge in [0.15, 0.2) is 0 Å². The maximum atomic E-state index is 12.8. The van der Waals surface area contributed by atoms with Crippen molar-refractivity contribution in [1.29, 1.82) is 0 Å².